The Bertz CT molecular complexity index is 1120. The molecule has 1 saturated heterocycles. The van der Waals surface area contributed by atoms with E-state index in [-0.39, 0.29) is 16.3 Å². The lowest BCUT2D eigenvalue weighted by Crippen LogP contribution is -2.36. The first-order chi connectivity index (χ1) is 15.0. The van der Waals surface area contributed by atoms with Crippen LogP contribution in [-0.2, 0) is 4.74 Å². The summed E-state index contributed by atoms with van der Waals surface area (Å²) < 4.78 is 5.35. The summed E-state index contributed by atoms with van der Waals surface area (Å²) in [5, 5.41) is 22.2. The molecule has 31 heavy (non-hydrogen) atoms. The van der Waals surface area contributed by atoms with Crippen LogP contribution < -0.4 is 10.2 Å². The Morgan fingerprint density at radius 2 is 1.90 bits per heavy atom. The van der Waals surface area contributed by atoms with Gasteiger partial charge in [0.25, 0.3) is 11.6 Å². The van der Waals surface area contributed by atoms with E-state index in [1.165, 1.54) is 12.1 Å². The minimum Gasteiger partial charge on any atom is -0.378 e. The number of nitro groups is 1. The van der Waals surface area contributed by atoms with Crippen molar-refractivity contribution in [3.8, 4) is 11.3 Å². The maximum atomic E-state index is 12.6. The molecule has 1 aromatic heterocycles. The van der Waals surface area contributed by atoms with E-state index in [9.17, 15) is 14.9 Å². The van der Waals surface area contributed by atoms with E-state index >= 15 is 0 Å². The molecule has 0 spiro atoms. The van der Waals surface area contributed by atoms with Crippen LogP contribution in [0, 0.1) is 10.1 Å². The Morgan fingerprint density at radius 3 is 2.58 bits per heavy atom. The summed E-state index contributed by atoms with van der Waals surface area (Å²) in [4.78, 5) is 25.0. The van der Waals surface area contributed by atoms with Crippen molar-refractivity contribution in [2.24, 2.45) is 0 Å². The quantitative estimate of drug-likeness (QED) is 0.475. The van der Waals surface area contributed by atoms with Gasteiger partial charge < -0.3 is 15.0 Å². The van der Waals surface area contributed by atoms with Gasteiger partial charge in [0.15, 0.2) is 5.82 Å². The minimum atomic E-state index is -0.567. The molecule has 1 N–H and O–H groups in total. The maximum Gasteiger partial charge on any atom is 0.270 e. The molecular formula is C21H18ClN5O4. The standard InChI is InChI=1S/C21H18ClN5O4/c22-18-13-16(27(29)30)4-5-17(18)21(28)23-15-3-1-2-14(12-15)19-6-7-20(25-24-19)26-8-10-31-11-9-26/h1-7,12-13H,8-11H2,(H,23,28). The predicted octanol–water partition coefficient (Wildman–Crippen LogP) is 3.79. The topological polar surface area (TPSA) is 110 Å². The molecule has 0 atom stereocenters. The van der Waals surface area contributed by atoms with Gasteiger partial charge in [-0.15, -0.1) is 10.2 Å². The third-order valence-electron chi connectivity index (χ3n) is 4.81. The highest BCUT2D eigenvalue weighted by Gasteiger charge is 2.16. The molecule has 0 radical (unpaired) electrons. The second-order valence-corrected chi connectivity index (χ2v) is 7.24. The van der Waals surface area contributed by atoms with Gasteiger partial charge >= 0.3 is 0 Å². The zero-order valence-electron chi connectivity index (χ0n) is 16.3. The fourth-order valence-electron chi connectivity index (χ4n) is 3.20. The lowest BCUT2D eigenvalue weighted by molar-refractivity contribution is -0.384. The van der Waals surface area contributed by atoms with Crippen molar-refractivity contribution in [2.45, 2.75) is 0 Å². The third kappa shape index (κ3) is 4.79. The molecule has 3 aromatic rings. The molecule has 1 aliphatic heterocycles. The van der Waals surface area contributed by atoms with Crippen molar-refractivity contribution in [2.75, 3.05) is 36.5 Å². The van der Waals surface area contributed by atoms with Crippen LogP contribution in [0.15, 0.2) is 54.6 Å². The van der Waals surface area contributed by atoms with Crippen LogP contribution >= 0.6 is 11.6 Å². The average molecular weight is 440 g/mol. The van der Waals surface area contributed by atoms with Crippen molar-refractivity contribution in [3.05, 3.63) is 75.3 Å². The molecule has 1 fully saturated rings. The molecule has 0 unspecified atom stereocenters. The first kappa shape index (κ1) is 20.7. The number of nitrogens with zero attached hydrogens (tertiary/aromatic N) is 4. The molecule has 158 valence electrons. The SMILES string of the molecule is O=C(Nc1cccc(-c2ccc(N3CCOCC3)nn2)c1)c1ccc([N+](=O)[O-])cc1Cl. The first-order valence-electron chi connectivity index (χ1n) is 9.53. The maximum absolute atomic E-state index is 12.6. The van der Waals surface area contributed by atoms with Gasteiger partial charge in [0.2, 0.25) is 0 Å². The Hall–Kier alpha value is -3.56. The molecule has 10 heteroatoms. The number of rotatable bonds is 5. The predicted molar refractivity (Wildman–Crippen MR) is 117 cm³/mol. The summed E-state index contributed by atoms with van der Waals surface area (Å²) in [7, 11) is 0. The first-order valence-corrected chi connectivity index (χ1v) is 9.91. The fraction of sp³-hybridized carbons (Fsp3) is 0.190. The number of aromatic nitrogens is 2. The third-order valence-corrected chi connectivity index (χ3v) is 5.12. The smallest absolute Gasteiger partial charge is 0.270 e. The van der Waals surface area contributed by atoms with Crippen molar-refractivity contribution >= 4 is 34.7 Å². The van der Waals surface area contributed by atoms with E-state index in [0.29, 0.717) is 24.6 Å². The second kappa shape index (κ2) is 9.07. The largest absolute Gasteiger partial charge is 0.378 e. The Kier molecular flexibility index (Phi) is 6.06. The number of non-ortho nitro benzene ring substituents is 1. The zero-order chi connectivity index (χ0) is 21.8. The zero-order valence-corrected chi connectivity index (χ0v) is 17.1. The van der Waals surface area contributed by atoms with E-state index in [2.05, 4.69) is 20.4 Å². The molecule has 1 amide bonds. The highest BCUT2D eigenvalue weighted by Crippen LogP contribution is 2.25. The minimum absolute atomic E-state index is 0.00687. The van der Waals surface area contributed by atoms with E-state index < -0.39 is 10.8 Å². The fourth-order valence-corrected chi connectivity index (χ4v) is 3.46. The van der Waals surface area contributed by atoms with Crippen molar-refractivity contribution in [1.82, 2.24) is 10.2 Å². The number of ether oxygens (including phenoxy) is 1. The summed E-state index contributed by atoms with van der Waals surface area (Å²) in [5.74, 6) is 0.329. The van der Waals surface area contributed by atoms with Crippen LogP contribution in [0.25, 0.3) is 11.3 Å². The molecule has 0 bridgehead atoms. The van der Waals surface area contributed by atoms with Gasteiger partial charge in [0.1, 0.15) is 0 Å². The summed E-state index contributed by atoms with van der Waals surface area (Å²) in [6.07, 6.45) is 0. The molecule has 2 heterocycles. The van der Waals surface area contributed by atoms with Crippen LogP contribution in [0.2, 0.25) is 5.02 Å². The van der Waals surface area contributed by atoms with Crippen molar-refractivity contribution in [3.63, 3.8) is 0 Å². The summed E-state index contributed by atoms with van der Waals surface area (Å²) in [5.41, 5.74) is 1.96. The molecule has 1 aliphatic rings. The number of amides is 1. The van der Waals surface area contributed by atoms with Gasteiger partial charge in [0.05, 0.1) is 34.4 Å². The normalized spacial score (nSPS) is 13.6. The van der Waals surface area contributed by atoms with Gasteiger partial charge in [-0.25, -0.2) is 0 Å². The molecular weight excluding hydrogens is 422 g/mol. The van der Waals surface area contributed by atoms with E-state index in [1.807, 2.05) is 18.2 Å². The molecule has 2 aromatic carbocycles. The van der Waals surface area contributed by atoms with Crippen LogP contribution in [0.5, 0.6) is 0 Å². The highest BCUT2D eigenvalue weighted by atomic mass is 35.5. The number of halogens is 1. The number of hydrogen-bond donors (Lipinski definition) is 1. The molecule has 9 nitrogen and oxygen atoms in total. The number of benzene rings is 2. The number of hydrogen-bond acceptors (Lipinski definition) is 7. The van der Waals surface area contributed by atoms with Gasteiger partial charge in [-0.3, -0.25) is 14.9 Å². The summed E-state index contributed by atoms with van der Waals surface area (Å²) in [6.45, 7) is 2.90. The average Bonchev–Trinajstić information content (AvgIpc) is 2.79. The number of carbonyl (C=O) groups is 1. The molecule has 4 rings (SSSR count). The van der Waals surface area contributed by atoms with Gasteiger partial charge in [-0.2, -0.15) is 0 Å². The van der Waals surface area contributed by atoms with Gasteiger partial charge in [0, 0.05) is 36.5 Å². The lowest BCUT2D eigenvalue weighted by atomic mass is 10.1. The lowest BCUT2D eigenvalue weighted by Gasteiger charge is -2.27. The summed E-state index contributed by atoms with van der Waals surface area (Å²) in [6, 6.07) is 14.7. The molecule has 0 saturated carbocycles. The number of nitro benzene ring substituents is 1. The number of anilines is 2. The number of nitrogens with one attached hydrogen (secondary N) is 1. The second-order valence-electron chi connectivity index (χ2n) is 6.83. The van der Waals surface area contributed by atoms with E-state index in [1.54, 1.807) is 18.2 Å². The molecule has 0 aliphatic carbocycles. The van der Waals surface area contributed by atoms with Crippen LogP contribution in [0.4, 0.5) is 17.2 Å². The summed E-state index contributed by atoms with van der Waals surface area (Å²) >= 11 is 6.05. The van der Waals surface area contributed by atoms with E-state index in [4.69, 9.17) is 16.3 Å². The Balaban J connectivity index is 1.49. The van der Waals surface area contributed by atoms with Crippen LogP contribution in [-0.4, -0.2) is 47.3 Å². The number of morpholine rings is 1. The Morgan fingerprint density at radius 1 is 1.10 bits per heavy atom. The van der Waals surface area contributed by atoms with Crippen LogP contribution in [0.1, 0.15) is 10.4 Å². The van der Waals surface area contributed by atoms with E-state index in [0.717, 1.165) is 30.5 Å². The van der Waals surface area contributed by atoms with Crippen molar-refractivity contribution in [1.29, 1.82) is 0 Å². The van der Waals surface area contributed by atoms with Crippen LogP contribution in [0.3, 0.4) is 0 Å². The highest BCUT2D eigenvalue weighted by molar-refractivity contribution is 6.34. The van der Waals surface area contributed by atoms with Gasteiger partial charge in [-0.1, -0.05) is 23.7 Å². The number of carbonyl (C=O) groups excluding carboxylic acids is 1. The van der Waals surface area contributed by atoms with Gasteiger partial charge in [-0.05, 0) is 30.3 Å². The monoisotopic (exact) mass is 439 g/mol. The Labute approximate surface area is 182 Å². The van der Waals surface area contributed by atoms with Crippen molar-refractivity contribution < 1.29 is 14.5 Å².